The molecule has 0 aliphatic carbocycles. The second-order valence-electron chi connectivity index (χ2n) is 4.58. The van der Waals surface area contributed by atoms with E-state index < -0.39 is 20.4 Å². The average molecular weight is 504 g/mol. The molecule has 14 heteroatoms. The lowest BCUT2D eigenvalue weighted by Gasteiger charge is -2.04. The first-order valence-corrected chi connectivity index (χ1v) is 10.6. The molecule has 30 heavy (non-hydrogen) atoms. The Bertz CT molecular complexity index is 816. The Balaban J connectivity index is 0.000000477. The van der Waals surface area contributed by atoms with Crippen LogP contribution < -0.4 is 18.9 Å². The van der Waals surface area contributed by atoms with E-state index in [9.17, 15) is 9.59 Å². The molecule has 2 aromatic rings. The smallest absolute Gasteiger partial charge is 0.341 e. The number of carboxylic acids is 1. The maximum Gasteiger partial charge on any atom is 0.341 e. The molecular formula is C16H17Cl3N2O8S. The molecule has 2 heterocycles. The summed E-state index contributed by atoms with van der Waals surface area (Å²) in [6.07, 6.45) is 0. The molecular weight excluding hydrogens is 487 g/mol. The predicted molar refractivity (Wildman–Crippen MR) is 112 cm³/mol. The van der Waals surface area contributed by atoms with Gasteiger partial charge < -0.3 is 24.1 Å². The quantitative estimate of drug-likeness (QED) is 0.585. The minimum Gasteiger partial charge on any atom is -0.481 e. The van der Waals surface area contributed by atoms with Gasteiger partial charge in [0, 0.05) is 33.5 Å². The molecule has 0 saturated heterocycles. The number of ether oxygens (including phenoxy) is 4. The van der Waals surface area contributed by atoms with Gasteiger partial charge in [-0.15, -0.1) is 0 Å². The Morgan fingerprint density at radius 3 is 1.50 bits per heavy atom. The summed E-state index contributed by atoms with van der Waals surface area (Å²) < 4.78 is 28.4. The van der Waals surface area contributed by atoms with E-state index in [2.05, 4.69) is 31.3 Å². The standard InChI is InChI=1S/C8H8ClNO3.C8H9NO4.Cl2OS/c1-12-6-4-3-5(7(9)11)8(10-6)13-2;1-12-6-4-3-5(8(10)11)7(9-6)13-2;1-4(2)3/h3-4H,1-2H3;3-4H,1-2H3,(H,10,11);. The van der Waals surface area contributed by atoms with Gasteiger partial charge in [-0.25, -0.2) is 9.00 Å². The summed E-state index contributed by atoms with van der Waals surface area (Å²) in [4.78, 5) is 29.1. The van der Waals surface area contributed by atoms with Crippen LogP contribution in [0.1, 0.15) is 20.7 Å². The highest BCUT2D eigenvalue weighted by atomic mass is 36.0. The lowest BCUT2D eigenvalue weighted by molar-refractivity contribution is 0.0692. The largest absolute Gasteiger partial charge is 0.481 e. The van der Waals surface area contributed by atoms with Crippen molar-refractivity contribution in [3.63, 3.8) is 0 Å². The van der Waals surface area contributed by atoms with Gasteiger partial charge in [0.2, 0.25) is 32.7 Å². The normalized spacial score (nSPS) is 9.33. The first-order chi connectivity index (χ1) is 14.1. The van der Waals surface area contributed by atoms with Crippen molar-refractivity contribution in [3.05, 3.63) is 35.4 Å². The number of pyridine rings is 2. The number of carbonyl (C=O) groups is 2. The summed E-state index contributed by atoms with van der Waals surface area (Å²) in [6.45, 7) is 0. The third kappa shape index (κ3) is 9.92. The van der Waals surface area contributed by atoms with Crippen LogP contribution >= 0.6 is 33.0 Å². The van der Waals surface area contributed by atoms with Crippen molar-refractivity contribution >= 4 is 53.4 Å². The lowest BCUT2D eigenvalue weighted by atomic mass is 10.3. The van der Waals surface area contributed by atoms with Gasteiger partial charge in [0.05, 0.1) is 34.0 Å². The summed E-state index contributed by atoms with van der Waals surface area (Å²) in [5, 5.41) is 8.09. The molecule has 2 rings (SSSR count). The average Bonchev–Trinajstić information content (AvgIpc) is 2.72. The van der Waals surface area contributed by atoms with Crippen LogP contribution in [0.3, 0.4) is 0 Å². The first kappa shape index (κ1) is 27.7. The molecule has 0 bridgehead atoms. The van der Waals surface area contributed by atoms with Gasteiger partial charge >= 0.3 is 5.97 Å². The van der Waals surface area contributed by atoms with Crippen LogP contribution in [0.15, 0.2) is 24.3 Å². The van der Waals surface area contributed by atoms with Gasteiger partial charge in [-0.2, -0.15) is 9.97 Å². The highest BCUT2D eigenvalue weighted by Gasteiger charge is 2.13. The van der Waals surface area contributed by atoms with Crippen molar-refractivity contribution < 1.29 is 37.9 Å². The summed E-state index contributed by atoms with van der Waals surface area (Å²) >= 11 is 5.28. The number of carboxylic acid groups (broad SMARTS) is 1. The number of rotatable bonds is 6. The molecule has 0 unspecified atom stereocenters. The molecule has 0 aliphatic heterocycles. The van der Waals surface area contributed by atoms with Crippen molar-refractivity contribution in [1.29, 1.82) is 0 Å². The fourth-order valence-corrected chi connectivity index (χ4v) is 1.84. The van der Waals surface area contributed by atoms with E-state index >= 15 is 0 Å². The van der Waals surface area contributed by atoms with Gasteiger partial charge in [-0.3, -0.25) is 4.79 Å². The van der Waals surface area contributed by atoms with Crippen LogP contribution in [0, 0.1) is 0 Å². The van der Waals surface area contributed by atoms with Crippen LogP contribution in [0.5, 0.6) is 23.5 Å². The fourth-order valence-electron chi connectivity index (χ4n) is 1.70. The Morgan fingerprint density at radius 2 is 1.20 bits per heavy atom. The zero-order chi connectivity index (χ0) is 23.3. The van der Waals surface area contributed by atoms with Crippen LogP contribution in [-0.4, -0.2) is 58.9 Å². The SMILES string of the molecule is COc1ccc(C(=O)Cl)c(OC)n1.COc1ccc(C(=O)O)c(OC)n1.O=S(Cl)Cl. The van der Waals surface area contributed by atoms with Crippen LogP contribution in [0.25, 0.3) is 0 Å². The molecule has 0 atom stereocenters. The van der Waals surface area contributed by atoms with Crippen LogP contribution in [-0.2, 0) is 9.23 Å². The van der Waals surface area contributed by atoms with Crippen molar-refractivity contribution in [2.45, 2.75) is 0 Å². The summed E-state index contributed by atoms with van der Waals surface area (Å²) in [7, 11) is 13.0. The maximum atomic E-state index is 10.8. The molecule has 10 nitrogen and oxygen atoms in total. The monoisotopic (exact) mass is 502 g/mol. The molecule has 0 aliphatic rings. The van der Waals surface area contributed by atoms with E-state index in [-0.39, 0.29) is 22.9 Å². The molecule has 166 valence electrons. The van der Waals surface area contributed by atoms with Crippen molar-refractivity contribution in [2.75, 3.05) is 28.4 Å². The second kappa shape index (κ2) is 14.6. The minimum atomic E-state index is -1.67. The molecule has 0 radical (unpaired) electrons. The van der Waals surface area contributed by atoms with Crippen molar-refractivity contribution in [1.82, 2.24) is 9.97 Å². The third-order valence-electron chi connectivity index (χ3n) is 2.92. The molecule has 0 aromatic carbocycles. The summed E-state index contributed by atoms with van der Waals surface area (Å²) in [6, 6.07) is 5.89. The molecule has 0 amide bonds. The molecule has 2 aromatic heterocycles. The topological polar surface area (TPSA) is 134 Å². The molecule has 0 fully saturated rings. The molecule has 0 saturated carbocycles. The Kier molecular flexibility index (Phi) is 13.5. The summed E-state index contributed by atoms with van der Waals surface area (Å²) in [5.41, 5.74) is 0.244. The van der Waals surface area contributed by atoms with Gasteiger partial charge in [-0.05, 0) is 23.7 Å². The number of methoxy groups -OCH3 is 4. The van der Waals surface area contributed by atoms with E-state index in [4.69, 9.17) is 39.9 Å². The number of aromatic carboxylic acids is 1. The van der Waals surface area contributed by atoms with Crippen molar-refractivity contribution in [3.8, 4) is 23.5 Å². The molecule has 1 N–H and O–H groups in total. The first-order valence-electron chi connectivity index (χ1n) is 7.46. The predicted octanol–water partition coefficient (Wildman–Crippen LogP) is 3.32. The minimum absolute atomic E-state index is 0.0169. The highest BCUT2D eigenvalue weighted by molar-refractivity contribution is 8.26. The third-order valence-corrected chi connectivity index (χ3v) is 3.12. The number of halogens is 3. The van der Waals surface area contributed by atoms with Gasteiger partial charge in [0.15, 0.2) is 0 Å². The maximum absolute atomic E-state index is 10.8. The van der Waals surface area contributed by atoms with Crippen LogP contribution in [0.2, 0.25) is 0 Å². The second-order valence-corrected chi connectivity index (χ2v) is 7.45. The number of hydrogen-bond acceptors (Lipinski definition) is 9. The highest BCUT2D eigenvalue weighted by Crippen LogP contribution is 2.21. The fraction of sp³-hybridized carbons (Fsp3) is 0.250. The van der Waals surface area contributed by atoms with E-state index in [1.807, 2.05) is 0 Å². The number of carbonyl (C=O) groups excluding carboxylic acids is 1. The van der Waals surface area contributed by atoms with Gasteiger partial charge in [0.1, 0.15) is 5.56 Å². The summed E-state index contributed by atoms with van der Waals surface area (Å²) in [5.74, 6) is -0.168. The number of nitrogens with zero attached hydrogens (tertiary/aromatic N) is 2. The van der Waals surface area contributed by atoms with E-state index in [0.717, 1.165) is 0 Å². The Morgan fingerprint density at radius 1 is 0.833 bits per heavy atom. The number of hydrogen-bond donors (Lipinski definition) is 1. The Labute approximate surface area is 188 Å². The van der Waals surface area contributed by atoms with E-state index in [1.165, 1.54) is 52.7 Å². The Hall–Kier alpha value is -2.34. The van der Waals surface area contributed by atoms with E-state index in [0.29, 0.717) is 11.8 Å². The molecule has 0 spiro atoms. The van der Waals surface area contributed by atoms with Crippen molar-refractivity contribution in [2.24, 2.45) is 0 Å². The lowest BCUT2D eigenvalue weighted by Crippen LogP contribution is -2.03. The zero-order valence-electron chi connectivity index (χ0n) is 16.1. The number of aromatic nitrogens is 2. The zero-order valence-corrected chi connectivity index (χ0v) is 19.1. The van der Waals surface area contributed by atoms with Gasteiger partial charge in [0.25, 0.3) is 5.24 Å². The van der Waals surface area contributed by atoms with Crippen LogP contribution in [0.4, 0.5) is 0 Å². The van der Waals surface area contributed by atoms with E-state index in [1.54, 1.807) is 0 Å². The van der Waals surface area contributed by atoms with Gasteiger partial charge in [-0.1, -0.05) is 0 Å².